The molecule has 1 aromatic heterocycles. The summed E-state index contributed by atoms with van der Waals surface area (Å²) in [4.78, 5) is 4.72. The lowest BCUT2D eigenvalue weighted by Crippen LogP contribution is -2.39. The topological polar surface area (TPSA) is 50.3 Å². The van der Waals surface area contributed by atoms with Gasteiger partial charge in [0, 0.05) is 25.7 Å². The molecule has 1 aliphatic heterocycles. The lowest BCUT2D eigenvalue weighted by Gasteiger charge is -2.29. The van der Waals surface area contributed by atoms with Gasteiger partial charge >= 0.3 is 0 Å². The third kappa shape index (κ3) is 2.86. The van der Waals surface area contributed by atoms with Crippen molar-refractivity contribution in [3.8, 4) is 0 Å². The molecule has 0 spiro atoms. The number of rotatable bonds is 5. The Hall–Kier alpha value is -1.23. The molecule has 0 saturated carbocycles. The van der Waals surface area contributed by atoms with Crippen LogP contribution < -0.4 is 10.6 Å². The van der Waals surface area contributed by atoms with E-state index in [4.69, 9.17) is 5.73 Å². The van der Waals surface area contributed by atoms with Gasteiger partial charge in [-0.2, -0.15) is 5.10 Å². The van der Waals surface area contributed by atoms with Crippen LogP contribution in [0, 0.1) is 6.92 Å². The molecule has 108 valence electrons. The van der Waals surface area contributed by atoms with Gasteiger partial charge in [-0.05, 0) is 40.3 Å². The van der Waals surface area contributed by atoms with Gasteiger partial charge in [-0.15, -0.1) is 0 Å². The highest BCUT2D eigenvalue weighted by atomic mass is 15.4. The number of likely N-dealkylation sites (N-methyl/N-ethyl adjacent to an activating group) is 1. The van der Waals surface area contributed by atoms with Gasteiger partial charge in [0.05, 0.1) is 11.4 Å². The summed E-state index contributed by atoms with van der Waals surface area (Å²) >= 11 is 0. The van der Waals surface area contributed by atoms with Crippen LogP contribution in [-0.4, -0.2) is 47.9 Å². The minimum absolute atomic E-state index is 0.559. The van der Waals surface area contributed by atoms with E-state index >= 15 is 0 Å². The Morgan fingerprint density at radius 2 is 2.16 bits per heavy atom. The standard InChI is InChI=1S/C14H27N5/c1-5-8-19-14(13(15)11(2)16-19)18-9-6-7-12(18)10-17(3)4/h12H,5-10,15H2,1-4H3. The van der Waals surface area contributed by atoms with E-state index in [0.29, 0.717) is 6.04 Å². The van der Waals surface area contributed by atoms with Crippen molar-refractivity contribution in [1.82, 2.24) is 14.7 Å². The Morgan fingerprint density at radius 3 is 2.79 bits per heavy atom. The molecule has 1 unspecified atom stereocenters. The van der Waals surface area contributed by atoms with Crippen LogP contribution in [0.3, 0.4) is 0 Å². The highest BCUT2D eigenvalue weighted by Crippen LogP contribution is 2.32. The first-order valence-corrected chi connectivity index (χ1v) is 7.28. The second-order valence-electron chi connectivity index (χ2n) is 5.80. The number of hydrogen-bond acceptors (Lipinski definition) is 4. The minimum atomic E-state index is 0.559. The van der Waals surface area contributed by atoms with Gasteiger partial charge in [-0.3, -0.25) is 0 Å². The Morgan fingerprint density at radius 1 is 1.42 bits per heavy atom. The molecule has 1 saturated heterocycles. The van der Waals surface area contributed by atoms with Crippen LogP contribution in [-0.2, 0) is 6.54 Å². The van der Waals surface area contributed by atoms with Crippen molar-refractivity contribution >= 4 is 11.5 Å². The van der Waals surface area contributed by atoms with Crippen molar-refractivity contribution in [1.29, 1.82) is 0 Å². The lowest BCUT2D eigenvalue weighted by atomic mass is 10.2. The maximum atomic E-state index is 6.27. The number of aryl methyl sites for hydroxylation is 2. The van der Waals surface area contributed by atoms with E-state index in [1.54, 1.807) is 0 Å². The fraction of sp³-hybridized carbons (Fsp3) is 0.786. The second kappa shape index (κ2) is 5.82. The van der Waals surface area contributed by atoms with Gasteiger partial charge in [-0.1, -0.05) is 6.92 Å². The Kier molecular flexibility index (Phi) is 4.34. The molecule has 5 nitrogen and oxygen atoms in total. The number of anilines is 2. The zero-order valence-electron chi connectivity index (χ0n) is 12.7. The van der Waals surface area contributed by atoms with Gasteiger partial charge < -0.3 is 15.5 Å². The molecule has 1 atom stereocenters. The van der Waals surface area contributed by atoms with Crippen LogP contribution in [0.25, 0.3) is 0 Å². The monoisotopic (exact) mass is 265 g/mol. The van der Waals surface area contributed by atoms with Gasteiger partial charge in [0.25, 0.3) is 0 Å². The van der Waals surface area contributed by atoms with Gasteiger partial charge in [0.2, 0.25) is 0 Å². The summed E-state index contributed by atoms with van der Waals surface area (Å²) in [6.45, 7) is 7.30. The summed E-state index contributed by atoms with van der Waals surface area (Å²) in [7, 11) is 4.27. The van der Waals surface area contributed by atoms with E-state index < -0.39 is 0 Å². The normalized spacial score (nSPS) is 19.6. The van der Waals surface area contributed by atoms with Crippen molar-refractivity contribution < 1.29 is 0 Å². The first-order valence-electron chi connectivity index (χ1n) is 7.28. The van der Waals surface area contributed by atoms with Gasteiger partial charge in [0.15, 0.2) is 5.82 Å². The first kappa shape index (κ1) is 14.2. The molecular weight excluding hydrogens is 238 g/mol. The maximum Gasteiger partial charge on any atom is 0.150 e. The second-order valence-corrected chi connectivity index (χ2v) is 5.80. The molecule has 1 fully saturated rings. The van der Waals surface area contributed by atoms with Crippen LogP contribution in [0.4, 0.5) is 11.5 Å². The van der Waals surface area contributed by atoms with Crippen molar-refractivity contribution in [3.63, 3.8) is 0 Å². The number of nitrogens with two attached hydrogens (primary N) is 1. The maximum absolute atomic E-state index is 6.27. The molecule has 0 amide bonds. The third-order valence-corrected chi connectivity index (χ3v) is 3.81. The Balaban J connectivity index is 2.29. The van der Waals surface area contributed by atoms with E-state index in [-0.39, 0.29) is 0 Å². The average Bonchev–Trinajstić information content (AvgIpc) is 2.86. The minimum Gasteiger partial charge on any atom is -0.394 e. The smallest absolute Gasteiger partial charge is 0.150 e. The number of nitrogen functional groups attached to an aromatic ring is 1. The van der Waals surface area contributed by atoms with Crippen molar-refractivity contribution in [3.05, 3.63) is 5.69 Å². The molecule has 5 heteroatoms. The molecule has 0 aromatic carbocycles. The summed E-state index contributed by atoms with van der Waals surface area (Å²) in [6, 6.07) is 0.559. The van der Waals surface area contributed by atoms with Crippen molar-refractivity contribution in [2.24, 2.45) is 0 Å². The van der Waals surface area contributed by atoms with Crippen LogP contribution in [0.1, 0.15) is 31.9 Å². The van der Waals surface area contributed by atoms with E-state index in [2.05, 4.69) is 40.6 Å². The fourth-order valence-electron chi connectivity index (χ4n) is 2.98. The molecule has 2 rings (SSSR count). The SMILES string of the molecule is CCCn1nc(C)c(N)c1N1CCCC1CN(C)C. The quantitative estimate of drug-likeness (QED) is 0.880. The van der Waals surface area contributed by atoms with Crippen molar-refractivity contribution in [2.75, 3.05) is 37.8 Å². The van der Waals surface area contributed by atoms with E-state index in [1.807, 2.05) is 6.92 Å². The van der Waals surface area contributed by atoms with Crippen molar-refractivity contribution in [2.45, 2.75) is 45.7 Å². The number of hydrogen-bond donors (Lipinski definition) is 1. The predicted molar refractivity (Wildman–Crippen MR) is 80.6 cm³/mol. The highest BCUT2D eigenvalue weighted by molar-refractivity contribution is 5.67. The van der Waals surface area contributed by atoms with E-state index in [9.17, 15) is 0 Å². The zero-order chi connectivity index (χ0) is 14.0. The zero-order valence-corrected chi connectivity index (χ0v) is 12.7. The number of nitrogens with zero attached hydrogens (tertiary/aromatic N) is 4. The molecule has 0 radical (unpaired) electrons. The molecule has 0 bridgehead atoms. The van der Waals surface area contributed by atoms with E-state index in [0.717, 1.165) is 43.3 Å². The molecule has 19 heavy (non-hydrogen) atoms. The summed E-state index contributed by atoms with van der Waals surface area (Å²) in [5, 5.41) is 4.59. The third-order valence-electron chi connectivity index (χ3n) is 3.81. The Labute approximate surface area is 116 Å². The van der Waals surface area contributed by atoms with Gasteiger partial charge in [-0.25, -0.2) is 4.68 Å². The molecule has 1 aliphatic rings. The molecule has 2 N–H and O–H groups in total. The Bertz CT molecular complexity index is 424. The predicted octanol–water partition coefficient (Wildman–Crippen LogP) is 1.71. The summed E-state index contributed by atoms with van der Waals surface area (Å²) in [5.41, 5.74) is 8.09. The first-order chi connectivity index (χ1) is 9.04. The van der Waals surface area contributed by atoms with Crippen LogP contribution in [0.5, 0.6) is 0 Å². The lowest BCUT2D eigenvalue weighted by molar-refractivity contribution is 0.370. The van der Waals surface area contributed by atoms with Crippen LogP contribution in [0.15, 0.2) is 0 Å². The largest absolute Gasteiger partial charge is 0.394 e. The van der Waals surface area contributed by atoms with E-state index in [1.165, 1.54) is 12.8 Å². The molecular formula is C14H27N5. The molecule has 0 aliphatic carbocycles. The summed E-state index contributed by atoms with van der Waals surface area (Å²) in [6.07, 6.45) is 3.57. The number of aromatic nitrogens is 2. The van der Waals surface area contributed by atoms with Crippen LogP contribution >= 0.6 is 0 Å². The summed E-state index contributed by atoms with van der Waals surface area (Å²) in [5.74, 6) is 1.14. The fourth-order valence-corrected chi connectivity index (χ4v) is 2.98. The van der Waals surface area contributed by atoms with Crippen LogP contribution in [0.2, 0.25) is 0 Å². The average molecular weight is 265 g/mol. The van der Waals surface area contributed by atoms with Gasteiger partial charge in [0.1, 0.15) is 0 Å². The molecule has 2 heterocycles. The molecule has 1 aromatic rings. The highest BCUT2D eigenvalue weighted by Gasteiger charge is 2.29. The summed E-state index contributed by atoms with van der Waals surface area (Å²) < 4.78 is 2.10.